The van der Waals surface area contributed by atoms with Crippen LogP contribution in [0.1, 0.15) is 16.1 Å². The lowest BCUT2D eigenvalue weighted by Crippen LogP contribution is -2.17. The number of benzene rings is 1. The van der Waals surface area contributed by atoms with E-state index in [1.807, 2.05) is 0 Å². The third-order valence-electron chi connectivity index (χ3n) is 2.69. The van der Waals surface area contributed by atoms with Gasteiger partial charge in [-0.15, -0.1) is 0 Å². The summed E-state index contributed by atoms with van der Waals surface area (Å²) in [5, 5.41) is 9.03. The van der Waals surface area contributed by atoms with E-state index in [4.69, 9.17) is 5.11 Å². The van der Waals surface area contributed by atoms with Crippen LogP contribution in [0.5, 0.6) is 0 Å². The van der Waals surface area contributed by atoms with Gasteiger partial charge in [-0.25, -0.2) is 18.2 Å². The molecule has 0 atom stereocenters. The minimum Gasteiger partial charge on any atom is -0.476 e. The number of nitrogens with one attached hydrogen (secondary N) is 1. The number of aromatic carboxylic acids is 1. The molecule has 6 nitrogen and oxygen atoms in total. The Morgan fingerprint density at radius 2 is 2.05 bits per heavy atom. The standard InChI is InChI=1S/C13H11BrN2O4S/c1-8-4-5-9(14)7-11(8)21(19,20)16-10-3-2-6-15-12(10)13(17)18/h2-7,16H,1H3,(H,17,18). The summed E-state index contributed by atoms with van der Waals surface area (Å²) in [6.45, 7) is 1.66. The molecule has 2 N–H and O–H groups in total. The third-order valence-corrected chi connectivity index (χ3v) is 4.70. The number of carbonyl (C=O) groups is 1. The lowest BCUT2D eigenvalue weighted by atomic mass is 10.2. The van der Waals surface area contributed by atoms with E-state index >= 15 is 0 Å². The molecule has 0 radical (unpaired) electrons. The van der Waals surface area contributed by atoms with E-state index in [0.29, 0.717) is 10.0 Å². The van der Waals surface area contributed by atoms with Gasteiger partial charge in [0, 0.05) is 10.7 Å². The van der Waals surface area contributed by atoms with Crippen molar-refractivity contribution in [2.75, 3.05) is 4.72 Å². The number of carboxylic acid groups (broad SMARTS) is 1. The largest absolute Gasteiger partial charge is 0.476 e. The number of hydrogen-bond donors (Lipinski definition) is 2. The Hall–Kier alpha value is -1.93. The number of pyridine rings is 1. The second-order valence-electron chi connectivity index (χ2n) is 4.22. The summed E-state index contributed by atoms with van der Waals surface area (Å²) in [6, 6.07) is 7.63. The van der Waals surface area contributed by atoms with Gasteiger partial charge >= 0.3 is 5.97 Å². The zero-order valence-electron chi connectivity index (χ0n) is 10.9. The molecule has 1 aromatic heterocycles. The van der Waals surface area contributed by atoms with Crippen molar-refractivity contribution in [3.05, 3.63) is 52.3 Å². The maximum atomic E-state index is 12.4. The van der Waals surface area contributed by atoms with Crippen LogP contribution in [0.3, 0.4) is 0 Å². The van der Waals surface area contributed by atoms with E-state index in [1.54, 1.807) is 19.1 Å². The summed E-state index contributed by atoms with van der Waals surface area (Å²) in [5.74, 6) is -1.31. The van der Waals surface area contributed by atoms with E-state index in [0.717, 1.165) is 0 Å². The molecule has 0 spiro atoms. The van der Waals surface area contributed by atoms with Crippen molar-refractivity contribution in [1.82, 2.24) is 4.98 Å². The van der Waals surface area contributed by atoms with Crippen molar-refractivity contribution >= 4 is 37.6 Å². The zero-order chi connectivity index (χ0) is 15.6. The molecule has 2 rings (SSSR count). The monoisotopic (exact) mass is 370 g/mol. The van der Waals surface area contributed by atoms with Gasteiger partial charge in [0.15, 0.2) is 5.69 Å². The molecule has 0 amide bonds. The van der Waals surface area contributed by atoms with E-state index < -0.39 is 16.0 Å². The van der Waals surface area contributed by atoms with Crippen LogP contribution in [-0.2, 0) is 10.0 Å². The van der Waals surface area contributed by atoms with E-state index in [9.17, 15) is 13.2 Å². The number of halogens is 1. The second-order valence-corrected chi connectivity index (χ2v) is 6.79. The lowest BCUT2D eigenvalue weighted by Gasteiger charge is -2.12. The number of aromatic nitrogens is 1. The molecule has 0 saturated heterocycles. The van der Waals surface area contributed by atoms with Gasteiger partial charge < -0.3 is 5.11 Å². The van der Waals surface area contributed by atoms with Crippen LogP contribution in [0.2, 0.25) is 0 Å². The van der Waals surface area contributed by atoms with Crippen LogP contribution in [0, 0.1) is 6.92 Å². The fourth-order valence-electron chi connectivity index (χ4n) is 1.72. The van der Waals surface area contributed by atoms with Gasteiger partial charge in [0.05, 0.1) is 10.6 Å². The second kappa shape index (κ2) is 5.82. The lowest BCUT2D eigenvalue weighted by molar-refractivity contribution is 0.0692. The van der Waals surface area contributed by atoms with Crippen molar-refractivity contribution in [2.45, 2.75) is 11.8 Å². The summed E-state index contributed by atoms with van der Waals surface area (Å²) in [5.41, 5.74) is 0.115. The first-order valence-corrected chi connectivity index (χ1v) is 8.06. The number of carboxylic acids is 1. The molecule has 0 unspecified atom stereocenters. The van der Waals surface area contributed by atoms with Gasteiger partial charge in [0.1, 0.15) is 0 Å². The average molecular weight is 371 g/mol. The van der Waals surface area contributed by atoms with E-state index in [-0.39, 0.29) is 16.3 Å². The van der Waals surface area contributed by atoms with Crippen molar-refractivity contribution in [3.8, 4) is 0 Å². The normalized spacial score (nSPS) is 11.1. The predicted octanol–water partition coefficient (Wildman–Crippen LogP) is 2.65. The van der Waals surface area contributed by atoms with Gasteiger partial charge in [-0.3, -0.25) is 4.72 Å². The van der Waals surface area contributed by atoms with Gasteiger partial charge in [-0.1, -0.05) is 22.0 Å². The summed E-state index contributed by atoms with van der Waals surface area (Å²) in [4.78, 5) is 14.8. The van der Waals surface area contributed by atoms with Crippen molar-refractivity contribution < 1.29 is 18.3 Å². The highest BCUT2D eigenvalue weighted by Gasteiger charge is 2.21. The number of nitrogens with zero attached hydrogens (tertiary/aromatic N) is 1. The first-order valence-electron chi connectivity index (χ1n) is 5.78. The van der Waals surface area contributed by atoms with Gasteiger partial charge in [0.2, 0.25) is 0 Å². The van der Waals surface area contributed by atoms with Gasteiger partial charge in [-0.2, -0.15) is 0 Å². The van der Waals surface area contributed by atoms with Crippen molar-refractivity contribution in [1.29, 1.82) is 0 Å². The molecular formula is C13H11BrN2O4S. The Balaban J connectivity index is 2.48. The summed E-state index contributed by atoms with van der Waals surface area (Å²) in [6.07, 6.45) is 1.28. The summed E-state index contributed by atoms with van der Waals surface area (Å²) < 4.78 is 27.7. The Morgan fingerprint density at radius 3 is 2.71 bits per heavy atom. The predicted molar refractivity (Wildman–Crippen MR) is 80.9 cm³/mol. The first kappa shape index (κ1) is 15.5. The number of sulfonamides is 1. The van der Waals surface area contributed by atoms with Crippen LogP contribution < -0.4 is 4.72 Å². The Kier molecular flexibility index (Phi) is 4.29. The molecule has 0 fully saturated rings. The molecule has 2 aromatic rings. The van der Waals surface area contributed by atoms with Gasteiger partial charge in [0.25, 0.3) is 10.0 Å². The number of anilines is 1. The number of hydrogen-bond acceptors (Lipinski definition) is 4. The van der Waals surface area contributed by atoms with Crippen LogP contribution in [0.15, 0.2) is 45.9 Å². The zero-order valence-corrected chi connectivity index (χ0v) is 13.3. The molecular weight excluding hydrogens is 360 g/mol. The van der Waals surface area contributed by atoms with Crippen molar-refractivity contribution in [3.63, 3.8) is 0 Å². The molecule has 8 heteroatoms. The average Bonchev–Trinajstić information content (AvgIpc) is 2.41. The molecule has 1 heterocycles. The number of rotatable bonds is 4. The highest BCUT2D eigenvalue weighted by atomic mass is 79.9. The molecule has 0 bridgehead atoms. The Labute approximate surface area is 130 Å². The smallest absolute Gasteiger partial charge is 0.356 e. The van der Waals surface area contributed by atoms with Crippen LogP contribution in [0.4, 0.5) is 5.69 Å². The molecule has 21 heavy (non-hydrogen) atoms. The minimum absolute atomic E-state index is 0.0667. The summed E-state index contributed by atoms with van der Waals surface area (Å²) in [7, 11) is -3.91. The Morgan fingerprint density at radius 1 is 1.33 bits per heavy atom. The highest BCUT2D eigenvalue weighted by molar-refractivity contribution is 9.10. The molecule has 1 aromatic carbocycles. The minimum atomic E-state index is -3.91. The van der Waals surface area contributed by atoms with Crippen molar-refractivity contribution in [2.24, 2.45) is 0 Å². The van der Waals surface area contributed by atoms with Crippen LogP contribution >= 0.6 is 15.9 Å². The molecule has 0 aliphatic carbocycles. The van der Waals surface area contributed by atoms with Crippen LogP contribution in [-0.4, -0.2) is 24.5 Å². The highest BCUT2D eigenvalue weighted by Crippen LogP contribution is 2.24. The maximum absolute atomic E-state index is 12.4. The molecule has 110 valence electrons. The van der Waals surface area contributed by atoms with E-state index in [2.05, 4.69) is 25.6 Å². The molecule has 0 aliphatic rings. The SMILES string of the molecule is Cc1ccc(Br)cc1S(=O)(=O)Nc1cccnc1C(=O)O. The fourth-order valence-corrected chi connectivity index (χ4v) is 3.57. The summed E-state index contributed by atoms with van der Waals surface area (Å²) >= 11 is 3.21. The Bertz CT molecular complexity index is 806. The quantitative estimate of drug-likeness (QED) is 0.862. The molecule has 0 saturated carbocycles. The van der Waals surface area contributed by atoms with Crippen LogP contribution in [0.25, 0.3) is 0 Å². The molecule has 0 aliphatic heterocycles. The van der Waals surface area contributed by atoms with E-state index in [1.165, 1.54) is 24.4 Å². The number of aryl methyl sites for hydroxylation is 1. The first-order chi connectivity index (χ1) is 9.81. The topological polar surface area (TPSA) is 96.4 Å². The van der Waals surface area contributed by atoms with Gasteiger partial charge in [-0.05, 0) is 36.8 Å². The maximum Gasteiger partial charge on any atom is 0.356 e. The third kappa shape index (κ3) is 3.40. The fraction of sp³-hybridized carbons (Fsp3) is 0.0769.